The lowest BCUT2D eigenvalue weighted by atomic mass is 10.0. The maximum Gasteiger partial charge on any atom is 0.248 e. The smallest absolute Gasteiger partial charge is 0.248 e. The first-order valence-electron chi connectivity index (χ1n) is 9.48. The summed E-state index contributed by atoms with van der Waals surface area (Å²) in [6.07, 6.45) is 0.451. The number of methoxy groups -OCH3 is 1. The minimum Gasteiger partial charge on any atom is -0.390 e. The van der Waals surface area contributed by atoms with Gasteiger partial charge in [0.05, 0.1) is 12.3 Å². The minimum absolute atomic E-state index is 0.0208. The lowest BCUT2D eigenvalue weighted by Gasteiger charge is -2.25. The van der Waals surface area contributed by atoms with Gasteiger partial charge in [0, 0.05) is 44.9 Å². The number of nitrogens with zero attached hydrogens (tertiary/aromatic N) is 3. The second kappa shape index (κ2) is 9.76. The van der Waals surface area contributed by atoms with Crippen molar-refractivity contribution >= 4 is 28.9 Å². The van der Waals surface area contributed by atoms with Crippen LogP contribution in [0.4, 0.5) is 5.69 Å². The summed E-state index contributed by atoms with van der Waals surface area (Å²) in [7, 11) is 5.53. The number of oxime groups is 1. The fourth-order valence-corrected chi connectivity index (χ4v) is 3.43. The predicted octanol–water partition coefficient (Wildman–Crippen LogP) is 3.57. The molecule has 0 fully saturated rings. The van der Waals surface area contributed by atoms with Gasteiger partial charge in [-0.15, -0.1) is 0 Å². The standard InChI is InChI=1S/C22H26ClN3O3/c1-25(2)19-9-7-17(8-10-19)21-12-20(29-24-21)14-26(22(27)15-28-3)13-16-5-4-6-18(23)11-16/h4-11,20H,12-15H2,1-3H3. The van der Waals surface area contributed by atoms with Crippen LogP contribution in [0.15, 0.2) is 53.7 Å². The summed E-state index contributed by atoms with van der Waals surface area (Å²) in [4.78, 5) is 22.0. The van der Waals surface area contributed by atoms with Crippen LogP contribution in [0.25, 0.3) is 0 Å². The van der Waals surface area contributed by atoms with E-state index in [0.717, 1.165) is 22.5 Å². The Morgan fingerprint density at radius 3 is 2.66 bits per heavy atom. The molecule has 1 unspecified atom stereocenters. The zero-order valence-electron chi connectivity index (χ0n) is 17.0. The number of hydrogen-bond acceptors (Lipinski definition) is 5. The molecule has 0 bridgehead atoms. The molecule has 1 aliphatic rings. The summed E-state index contributed by atoms with van der Waals surface area (Å²) in [6, 6.07) is 15.7. The number of carbonyl (C=O) groups excluding carboxylic acids is 1. The third kappa shape index (κ3) is 5.71. The molecular formula is C22H26ClN3O3. The molecule has 1 heterocycles. The molecule has 2 aromatic rings. The zero-order chi connectivity index (χ0) is 20.8. The Balaban J connectivity index is 1.65. The molecule has 0 N–H and O–H groups in total. The summed E-state index contributed by atoms with van der Waals surface area (Å²) < 4.78 is 5.04. The number of benzene rings is 2. The molecule has 1 aliphatic heterocycles. The van der Waals surface area contributed by atoms with E-state index < -0.39 is 0 Å². The molecule has 0 saturated carbocycles. The molecule has 3 rings (SSSR count). The maximum absolute atomic E-state index is 12.5. The van der Waals surface area contributed by atoms with Crippen LogP contribution in [0.1, 0.15) is 17.5 Å². The van der Waals surface area contributed by atoms with Gasteiger partial charge in [-0.1, -0.05) is 41.0 Å². The number of hydrogen-bond donors (Lipinski definition) is 0. The number of halogens is 1. The van der Waals surface area contributed by atoms with Crippen molar-refractivity contribution in [2.45, 2.75) is 19.1 Å². The van der Waals surface area contributed by atoms with Crippen LogP contribution in [0.5, 0.6) is 0 Å². The van der Waals surface area contributed by atoms with Crippen molar-refractivity contribution < 1.29 is 14.4 Å². The Morgan fingerprint density at radius 1 is 1.24 bits per heavy atom. The van der Waals surface area contributed by atoms with Crippen molar-refractivity contribution in [1.29, 1.82) is 0 Å². The van der Waals surface area contributed by atoms with Gasteiger partial charge >= 0.3 is 0 Å². The Hall–Kier alpha value is -2.57. The first-order valence-corrected chi connectivity index (χ1v) is 9.85. The Labute approximate surface area is 176 Å². The first-order chi connectivity index (χ1) is 14.0. The molecule has 29 heavy (non-hydrogen) atoms. The second-order valence-electron chi connectivity index (χ2n) is 7.25. The molecular weight excluding hydrogens is 390 g/mol. The van der Waals surface area contributed by atoms with Crippen LogP contribution >= 0.6 is 11.6 Å². The Morgan fingerprint density at radius 2 is 2.00 bits per heavy atom. The van der Waals surface area contributed by atoms with Crippen molar-refractivity contribution in [3.63, 3.8) is 0 Å². The monoisotopic (exact) mass is 415 g/mol. The van der Waals surface area contributed by atoms with E-state index in [2.05, 4.69) is 22.2 Å². The average molecular weight is 416 g/mol. The molecule has 0 spiro atoms. The lowest BCUT2D eigenvalue weighted by molar-refractivity contribution is -0.137. The summed E-state index contributed by atoms with van der Waals surface area (Å²) in [5.41, 5.74) is 4.01. The third-order valence-electron chi connectivity index (χ3n) is 4.76. The highest BCUT2D eigenvalue weighted by molar-refractivity contribution is 6.30. The van der Waals surface area contributed by atoms with E-state index in [4.69, 9.17) is 21.2 Å². The van der Waals surface area contributed by atoms with Crippen LogP contribution in [0.3, 0.4) is 0 Å². The van der Waals surface area contributed by atoms with Gasteiger partial charge in [-0.25, -0.2) is 0 Å². The van der Waals surface area contributed by atoms with Crippen molar-refractivity contribution in [1.82, 2.24) is 4.90 Å². The van der Waals surface area contributed by atoms with Crippen molar-refractivity contribution in [2.24, 2.45) is 5.16 Å². The molecule has 0 aromatic heterocycles. The number of carbonyl (C=O) groups is 1. The van der Waals surface area contributed by atoms with E-state index in [1.807, 2.05) is 50.5 Å². The van der Waals surface area contributed by atoms with Crippen LogP contribution in [0, 0.1) is 0 Å². The van der Waals surface area contributed by atoms with Gasteiger partial charge < -0.3 is 19.4 Å². The Bertz CT molecular complexity index is 868. The van der Waals surface area contributed by atoms with Gasteiger partial charge in [0.25, 0.3) is 0 Å². The molecule has 1 atom stereocenters. The number of anilines is 1. The zero-order valence-corrected chi connectivity index (χ0v) is 17.7. The molecule has 154 valence electrons. The predicted molar refractivity (Wildman–Crippen MR) is 116 cm³/mol. The topological polar surface area (TPSA) is 54.4 Å². The SMILES string of the molecule is COCC(=O)N(Cc1cccc(Cl)c1)CC1CC(c2ccc(N(C)C)cc2)=NO1. The number of amides is 1. The van der Waals surface area contributed by atoms with Gasteiger partial charge in [0.1, 0.15) is 6.61 Å². The molecule has 6 nitrogen and oxygen atoms in total. The Kier molecular flexibility index (Phi) is 7.12. The molecule has 0 aliphatic carbocycles. The number of ether oxygens (including phenoxy) is 1. The molecule has 0 radical (unpaired) electrons. The van der Waals surface area contributed by atoms with Crippen molar-refractivity contribution in [3.8, 4) is 0 Å². The third-order valence-corrected chi connectivity index (χ3v) is 4.99. The van der Waals surface area contributed by atoms with E-state index in [9.17, 15) is 4.79 Å². The highest BCUT2D eigenvalue weighted by Gasteiger charge is 2.27. The van der Waals surface area contributed by atoms with Gasteiger partial charge in [0.2, 0.25) is 5.91 Å². The summed E-state index contributed by atoms with van der Waals surface area (Å²) in [6.45, 7) is 0.889. The van der Waals surface area contributed by atoms with E-state index in [1.165, 1.54) is 7.11 Å². The molecule has 1 amide bonds. The van der Waals surface area contributed by atoms with Crippen LogP contribution in [-0.2, 0) is 20.9 Å². The highest BCUT2D eigenvalue weighted by Crippen LogP contribution is 2.21. The normalized spacial score (nSPS) is 15.6. The van der Waals surface area contributed by atoms with E-state index in [1.54, 1.807) is 4.90 Å². The van der Waals surface area contributed by atoms with Crippen LogP contribution in [-0.4, -0.2) is 57.0 Å². The minimum atomic E-state index is -0.196. The molecule has 7 heteroatoms. The quantitative estimate of drug-likeness (QED) is 0.661. The van der Waals surface area contributed by atoms with Gasteiger partial charge in [-0.3, -0.25) is 4.79 Å². The van der Waals surface area contributed by atoms with Gasteiger partial charge in [-0.2, -0.15) is 0 Å². The molecule has 2 aromatic carbocycles. The van der Waals surface area contributed by atoms with Crippen molar-refractivity contribution in [3.05, 3.63) is 64.7 Å². The largest absolute Gasteiger partial charge is 0.390 e. The van der Waals surface area contributed by atoms with E-state index in [0.29, 0.717) is 24.5 Å². The maximum atomic E-state index is 12.5. The fourth-order valence-electron chi connectivity index (χ4n) is 3.22. The van der Waals surface area contributed by atoms with Crippen LogP contribution < -0.4 is 4.90 Å². The molecule has 0 saturated heterocycles. The second-order valence-corrected chi connectivity index (χ2v) is 7.68. The van der Waals surface area contributed by atoms with E-state index >= 15 is 0 Å². The lowest BCUT2D eigenvalue weighted by Crippen LogP contribution is -2.39. The average Bonchev–Trinajstić information content (AvgIpc) is 3.16. The van der Waals surface area contributed by atoms with Crippen LogP contribution in [0.2, 0.25) is 5.02 Å². The van der Waals surface area contributed by atoms with Gasteiger partial charge in [-0.05, 0) is 35.4 Å². The van der Waals surface area contributed by atoms with Gasteiger partial charge in [0.15, 0.2) is 6.10 Å². The summed E-state index contributed by atoms with van der Waals surface area (Å²) in [5, 5.41) is 4.90. The van der Waals surface area contributed by atoms with Crippen molar-refractivity contribution in [2.75, 3.05) is 39.3 Å². The fraction of sp³-hybridized carbons (Fsp3) is 0.364. The highest BCUT2D eigenvalue weighted by atomic mass is 35.5. The summed E-state index contributed by atoms with van der Waals surface area (Å²) in [5.74, 6) is -0.0974. The summed E-state index contributed by atoms with van der Waals surface area (Å²) >= 11 is 6.08. The first kappa shape index (κ1) is 21.1. The number of rotatable bonds is 8. The van der Waals surface area contributed by atoms with E-state index in [-0.39, 0.29) is 18.6 Å².